The van der Waals surface area contributed by atoms with Gasteiger partial charge in [-0.05, 0) is 26.7 Å². The number of nitrogens with zero attached hydrogens (tertiary/aromatic N) is 3. The van der Waals surface area contributed by atoms with Gasteiger partial charge in [0.25, 0.3) is 0 Å². The van der Waals surface area contributed by atoms with Gasteiger partial charge in [0.05, 0.1) is 12.6 Å². The average molecular weight is 265 g/mol. The van der Waals surface area contributed by atoms with Crippen molar-refractivity contribution in [3.8, 4) is 0 Å². The summed E-state index contributed by atoms with van der Waals surface area (Å²) in [4.78, 5) is 6.90. The number of aromatic nitrogens is 2. The summed E-state index contributed by atoms with van der Waals surface area (Å²) in [5.41, 5.74) is 0. The van der Waals surface area contributed by atoms with Crippen LogP contribution in [-0.2, 0) is 13.1 Å². The van der Waals surface area contributed by atoms with Crippen LogP contribution in [0.3, 0.4) is 0 Å². The van der Waals surface area contributed by atoms with Crippen molar-refractivity contribution in [2.24, 2.45) is 0 Å². The van der Waals surface area contributed by atoms with E-state index >= 15 is 0 Å². The maximum atomic E-state index is 9.74. The fourth-order valence-electron chi connectivity index (χ4n) is 3.09. The van der Waals surface area contributed by atoms with E-state index < -0.39 is 0 Å². The van der Waals surface area contributed by atoms with Crippen LogP contribution < -0.4 is 0 Å². The first-order valence-electron chi connectivity index (χ1n) is 7.62. The standard InChI is InChI=1S/C15H27N3O/c1-3-17-10-9-16-15(17)12-18(11-13(2)19)14-7-5-4-6-8-14/h9-10,13-14,19H,3-8,11-12H2,1-2H3. The Morgan fingerprint density at radius 3 is 2.79 bits per heavy atom. The highest BCUT2D eigenvalue weighted by atomic mass is 16.3. The first kappa shape index (κ1) is 14.5. The van der Waals surface area contributed by atoms with E-state index in [0.717, 1.165) is 25.5 Å². The highest BCUT2D eigenvalue weighted by Crippen LogP contribution is 2.24. The summed E-state index contributed by atoms with van der Waals surface area (Å²) >= 11 is 0. The maximum absolute atomic E-state index is 9.74. The van der Waals surface area contributed by atoms with Crippen molar-refractivity contribution in [1.29, 1.82) is 0 Å². The second kappa shape index (κ2) is 7.06. The molecule has 4 heteroatoms. The average Bonchev–Trinajstić information content (AvgIpc) is 2.86. The van der Waals surface area contributed by atoms with Crippen LogP contribution in [-0.4, -0.2) is 38.2 Å². The van der Waals surface area contributed by atoms with E-state index in [1.54, 1.807) is 0 Å². The van der Waals surface area contributed by atoms with Gasteiger partial charge in [-0.3, -0.25) is 4.90 Å². The highest BCUT2D eigenvalue weighted by molar-refractivity contribution is 4.93. The molecule has 1 aliphatic carbocycles. The lowest BCUT2D eigenvalue weighted by Crippen LogP contribution is -2.41. The molecule has 0 aromatic carbocycles. The summed E-state index contributed by atoms with van der Waals surface area (Å²) in [6, 6.07) is 0.616. The van der Waals surface area contributed by atoms with E-state index in [-0.39, 0.29) is 6.10 Å². The molecule has 0 saturated heterocycles. The lowest BCUT2D eigenvalue weighted by molar-refractivity contribution is 0.0742. The van der Waals surface area contributed by atoms with Gasteiger partial charge in [-0.2, -0.15) is 0 Å². The monoisotopic (exact) mass is 265 g/mol. The summed E-state index contributed by atoms with van der Waals surface area (Å²) in [6.07, 6.45) is 10.2. The summed E-state index contributed by atoms with van der Waals surface area (Å²) < 4.78 is 2.19. The number of imidazole rings is 1. The Morgan fingerprint density at radius 2 is 2.16 bits per heavy atom. The zero-order valence-electron chi connectivity index (χ0n) is 12.3. The molecule has 1 heterocycles. The summed E-state index contributed by atoms with van der Waals surface area (Å²) in [6.45, 7) is 6.59. The molecule has 0 radical (unpaired) electrons. The molecule has 108 valence electrons. The Bertz CT molecular complexity index is 369. The molecule has 1 aromatic rings. The largest absolute Gasteiger partial charge is 0.392 e. The summed E-state index contributed by atoms with van der Waals surface area (Å²) in [7, 11) is 0. The molecule has 0 spiro atoms. The zero-order chi connectivity index (χ0) is 13.7. The topological polar surface area (TPSA) is 41.3 Å². The Labute approximate surface area is 116 Å². The number of aliphatic hydroxyl groups excluding tert-OH is 1. The quantitative estimate of drug-likeness (QED) is 0.859. The van der Waals surface area contributed by atoms with Crippen molar-refractivity contribution in [1.82, 2.24) is 14.5 Å². The van der Waals surface area contributed by atoms with Crippen molar-refractivity contribution >= 4 is 0 Å². The minimum Gasteiger partial charge on any atom is -0.392 e. The van der Waals surface area contributed by atoms with Crippen LogP contribution in [0.25, 0.3) is 0 Å². The Hall–Kier alpha value is -0.870. The fraction of sp³-hybridized carbons (Fsp3) is 0.800. The van der Waals surface area contributed by atoms with Gasteiger partial charge in [0.2, 0.25) is 0 Å². The normalized spacial score (nSPS) is 18.9. The van der Waals surface area contributed by atoms with E-state index in [1.165, 1.54) is 32.1 Å². The number of aliphatic hydroxyl groups is 1. The number of rotatable bonds is 6. The van der Waals surface area contributed by atoms with Gasteiger partial charge in [0.15, 0.2) is 0 Å². The number of hydrogen-bond donors (Lipinski definition) is 1. The third kappa shape index (κ3) is 4.05. The van der Waals surface area contributed by atoms with E-state index in [0.29, 0.717) is 6.04 Å². The summed E-state index contributed by atoms with van der Waals surface area (Å²) in [5, 5.41) is 9.74. The number of hydrogen-bond acceptors (Lipinski definition) is 3. The lowest BCUT2D eigenvalue weighted by Gasteiger charge is -2.34. The van der Waals surface area contributed by atoms with Crippen LogP contribution in [0.15, 0.2) is 12.4 Å². The smallest absolute Gasteiger partial charge is 0.122 e. The second-order valence-corrected chi connectivity index (χ2v) is 5.70. The molecule has 1 fully saturated rings. The molecule has 1 aliphatic rings. The van der Waals surface area contributed by atoms with Gasteiger partial charge < -0.3 is 9.67 Å². The van der Waals surface area contributed by atoms with Gasteiger partial charge in [0, 0.05) is 31.5 Å². The highest BCUT2D eigenvalue weighted by Gasteiger charge is 2.23. The van der Waals surface area contributed by atoms with Crippen LogP contribution in [0, 0.1) is 0 Å². The zero-order valence-corrected chi connectivity index (χ0v) is 12.3. The van der Waals surface area contributed by atoms with Crippen LogP contribution in [0.2, 0.25) is 0 Å². The van der Waals surface area contributed by atoms with Crippen molar-refractivity contribution in [2.75, 3.05) is 6.54 Å². The van der Waals surface area contributed by atoms with Crippen LogP contribution in [0.1, 0.15) is 51.8 Å². The molecule has 0 aliphatic heterocycles. The van der Waals surface area contributed by atoms with Crippen LogP contribution in [0.4, 0.5) is 0 Å². The molecular weight excluding hydrogens is 238 g/mol. The molecular formula is C15H27N3O. The molecule has 1 atom stereocenters. The summed E-state index contributed by atoms with van der Waals surface area (Å²) in [5.74, 6) is 1.12. The van der Waals surface area contributed by atoms with E-state index in [4.69, 9.17) is 0 Å². The van der Waals surface area contributed by atoms with Gasteiger partial charge in [-0.15, -0.1) is 0 Å². The van der Waals surface area contributed by atoms with Crippen LogP contribution in [0.5, 0.6) is 0 Å². The molecule has 1 aromatic heterocycles. The molecule has 0 amide bonds. The molecule has 1 N–H and O–H groups in total. The van der Waals surface area contributed by atoms with E-state index in [1.807, 2.05) is 19.3 Å². The van der Waals surface area contributed by atoms with Crippen molar-refractivity contribution in [2.45, 2.75) is 71.2 Å². The van der Waals surface area contributed by atoms with Gasteiger partial charge in [-0.25, -0.2) is 4.98 Å². The Balaban J connectivity index is 2.04. The van der Waals surface area contributed by atoms with Crippen molar-refractivity contribution in [3.63, 3.8) is 0 Å². The van der Waals surface area contributed by atoms with Gasteiger partial charge in [-0.1, -0.05) is 19.3 Å². The molecule has 1 saturated carbocycles. The van der Waals surface area contributed by atoms with Gasteiger partial charge >= 0.3 is 0 Å². The Morgan fingerprint density at radius 1 is 1.42 bits per heavy atom. The van der Waals surface area contributed by atoms with E-state index in [2.05, 4.69) is 21.4 Å². The van der Waals surface area contributed by atoms with E-state index in [9.17, 15) is 5.11 Å². The maximum Gasteiger partial charge on any atom is 0.122 e. The lowest BCUT2D eigenvalue weighted by atomic mass is 9.94. The second-order valence-electron chi connectivity index (χ2n) is 5.70. The first-order valence-corrected chi connectivity index (χ1v) is 7.62. The van der Waals surface area contributed by atoms with Crippen LogP contribution >= 0.6 is 0 Å². The molecule has 1 unspecified atom stereocenters. The van der Waals surface area contributed by atoms with Crippen molar-refractivity contribution in [3.05, 3.63) is 18.2 Å². The third-order valence-electron chi connectivity index (χ3n) is 4.08. The predicted molar refractivity (Wildman–Crippen MR) is 76.9 cm³/mol. The molecule has 4 nitrogen and oxygen atoms in total. The third-order valence-corrected chi connectivity index (χ3v) is 4.08. The predicted octanol–water partition coefficient (Wildman–Crippen LogP) is 2.42. The fourth-order valence-corrected chi connectivity index (χ4v) is 3.09. The first-order chi connectivity index (χ1) is 9.20. The Kier molecular flexibility index (Phi) is 5.40. The molecule has 0 bridgehead atoms. The molecule has 19 heavy (non-hydrogen) atoms. The minimum atomic E-state index is -0.271. The van der Waals surface area contributed by atoms with Gasteiger partial charge in [0.1, 0.15) is 5.82 Å². The molecule has 2 rings (SSSR count). The minimum absolute atomic E-state index is 0.271. The number of aryl methyl sites for hydroxylation is 1. The SMILES string of the molecule is CCn1ccnc1CN(CC(C)O)C1CCCCC1. The van der Waals surface area contributed by atoms with Crippen molar-refractivity contribution < 1.29 is 5.11 Å².